The average Bonchev–Trinajstić information content (AvgIpc) is 2.27. The zero-order chi connectivity index (χ0) is 12.0. The lowest BCUT2D eigenvalue weighted by atomic mass is 9.96. The van der Waals surface area contributed by atoms with E-state index in [1.54, 1.807) is 0 Å². The van der Waals surface area contributed by atoms with Crippen LogP contribution in [0.5, 0.6) is 5.75 Å². The van der Waals surface area contributed by atoms with Crippen LogP contribution >= 0.6 is 12.6 Å². The summed E-state index contributed by atoms with van der Waals surface area (Å²) in [4.78, 5) is 0. The third-order valence-electron chi connectivity index (χ3n) is 2.72. The fraction of sp³-hybridized carbons (Fsp3) is 0.571. The molecule has 0 amide bonds. The Hall–Kier alpha value is -0.630. The summed E-state index contributed by atoms with van der Waals surface area (Å²) in [7, 11) is 0. The molecule has 0 aliphatic rings. The molecule has 0 saturated carbocycles. The van der Waals surface area contributed by atoms with Gasteiger partial charge in [0.05, 0.1) is 6.61 Å². The van der Waals surface area contributed by atoms with Gasteiger partial charge in [-0.1, -0.05) is 31.5 Å². The van der Waals surface area contributed by atoms with Gasteiger partial charge in [-0.05, 0) is 43.1 Å². The summed E-state index contributed by atoms with van der Waals surface area (Å²) in [6, 6.07) is 6.44. The van der Waals surface area contributed by atoms with E-state index in [4.69, 9.17) is 4.74 Å². The lowest BCUT2D eigenvalue weighted by Gasteiger charge is -2.17. The molecule has 1 nitrogen and oxygen atoms in total. The van der Waals surface area contributed by atoms with Gasteiger partial charge in [0.2, 0.25) is 0 Å². The first kappa shape index (κ1) is 13.4. The zero-order valence-corrected chi connectivity index (χ0v) is 11.4. The summed E-state index contributed by atoms with van der Waals surface area (Å²) < 4.78 is 5.78. The van der Waals surface area contributed by atoms with E-state index in [1.807, 2.05) is 0 Å². The first-order valence-corrected chi connectivity index (χ1v) is 6.66. The predicted molar refractivity (Wildman–Crippen MR) is 73.9 cm³/mol. The van der Waals surface area contributed by atoms with Gasteiger partial charge >= 0.3 is 0 Å². The summed E-state index contributed by atoms with van der Waals surface area (Å²) in [5.74, 6) is 2.48. The Bertz CT molecular complexity index is 323. The molecule has 1 aromatic carbocycles. The van der Waals surface area contributed by atoms with Crippen molar-refractivity contribution in [1.82, 2.24) is 0 Å². The second-order valence-corrected chi connectivity index (χ2v) is 4.75. The molecular weight excluding hydrogens is 216 g/mol. The van der Waals surface area contributed by atoms with Crippen LogP contribution in [0.3, 0.4) is 0 Å². The average molecular weight is 238 g/mol. The molecule has 1 unspecified atom stereocenters. The van der Waals surface area contributed by atoms with Gasteiger partial charge in [-0.3, -0.25) is 0 Å². The van der Waals surface area contributed by atoms with Gasteiger partial charge in [-0.15, -0.1) is 0 Å². The highest BCUT2D eigenvalue weighted by Crippen LogP contribution is 2.30. The quantitative estimate of drug-likeness (QED) is 0.731. The van der Waals surface area contributed by atoms with Crippen molar-refractivity contribution >= 4 is 12.6 Å². The molecule has 2 heteroatoms. The number of hydrogen-bond donors (Lipinski definition) is 1. The maximum absolute atomic E-state index is 5.78. The number of benzene rings is 1. The Morgan fingerprint density at radius 2 is 2.12 bits per heavy atom. The molecule has 1 rings (SSSR count). The van der Waals surface area contributed by atoms with Crippen LogP contribution in [0, 0.1) is 6.92 Å². The minimum atomic E-state index is 0.518. The summed E-state index contributed by atoms with van der Waals surface area (Å²) >= 11 is 4.30. The molecule has 0 bridgehead atoms. The Kier molecular flexibility index (Phi) is 5.75. The molecular formula is C14H22OS. The minimum absolute atomic E-state index is 0.518. The van der Waals surface area contributed by atoms with Gasteiger partial charge in [0.15, 0.2) is 0 Å². The first-order chi connectivity index (χ1) is 7.69. The number of thiol groups is 1. The largest absolute Gasteiger partial charge is 0.493 e. The van der Waals surface area contributed by atoms with E-state index in [1.165, 1.54) is 11.1 Å². The van der Waals surface area contributed by atoms with Gasteiger partial charge < -0.3 is 4.74 Å². The minimum Gasteiger partial charge on any atom is -0.493 e. The Morgan fingerprint density at radius 3 is 2.75 bits per heavy atom. The van der Waals surface area contributed by atoms with E-state index in [0.717, 1.165) is 31.0 Å². The Morgan fingerprint density at radius 1 is 1.38 bits per heavy atom. The zero-order valence-electron chi connectivity index (χ0n) is 10.5. The van der Waals surface area contributed by atoms with Crippen molar-refractivity contribution in [3.63, 3.8) is 0 Å². The Labute approximate surface area is 105 Å². The van der Waals surface area contributed by atoms with Crippen LogP contribution in [0.4, 0.5) is 0 Å². The standard InChI is InChI=1S/C14H22OS/c1-4-8-15-14-6-5-11(2)10-13(14)12(3)7-9-16/h5-6,10,12,16H,4,7-9H2,1-3H3. The molecule has 0 saturated heterocycles. The number of ether oxygens (including phenoxy) is 1. The number of aryl methyl sites for hydroxylation is 1. The predicted octanol–water partition coefficient (Wildman–Crippen LogP) is 4.21. The molecule has 1 atom stereocenters. The van der Waals surface area contributed by atoms with E-state index >= 15 is 0 Å². The second kappa shape index (κ2) is 6.85. The summed E-state index contributed by atoms with van der Waals surface area (Å²) in [6.07, 6.45) is 2.14. The smallest absolute Gasteiger partial charge is 0.122 e. The molecule has 0 aliphatic heterocycles. The van der Waals surface area contributed by atoms with Crippen molar-refractivity contribution in [1.29, 1.82) is 0 Å². The van der Waals surface area contributed by atoms with Crippen LogP contribution < -0.4 is 4.74 Å². The molecule has 1 aromatic rings. The molecule has 0 N–H and O–H groups in total. The molecule has 0 radical (unpaired) electrons. The van der Waals surface area contributed by atoms with E-state index in [-0.39, 0.29) is 0 Å². The van der Waals surface area contributed by atoms with E-state index in [0.29, 0.717) is 5.92 Å². The van der Waals surface area contributed by atoms with E-state index < -0.39 is 0 Å². The summed E-state index contributed by atoms with van der Waals surface area (Å²) in [6.45, 7) is 7.29. The first-order valence-electron chi connectivity index (χ1n) is 6.03. The highest BCUT2D eigenvalue weighted by molar-refractivity contribution is 7.80. The molecule has 90 valence electrons. The van der Waals surface area contributed by atoms with Gasteiger partial charge in [0, 0.05) is 0 Å². The number of rotatable bonds is 6. The van der Waals surface area contributed by atoms with Crippen LogP contribution in [-0.2, 0) is 0 Å². The lowest BCUT2D eigenvalue weighted by molar-refractivity contribution is 0.312. The monoisotopic (exact) mass is 238 g/mol. The molecule has 0 spiro atoms. The van der Waals surface area contributed by atoms with Crippen LogP contribution in [0.15, 0.2) is 18.2 Å². The lowest BCUT2D eigenvalue weighted by Crippen LogP contribution is -2.02. The van der Waals surface area contributed by atoms with Crippen LogP contribution in [0.2, 0.25) is 0 Å². The Balaban J connectivity index is 2.88. The van der Waals surface area contributed by atoms with Crippen molar-refractivity contribution < 1.29 is 4.74 Å². The molecule has 0 aliphatic carbocycles. The SMILES string of the molecule is CCCOc1ccc(C)cc1C(C)CCS. The molecule has 0 fully saturated rings. The van der Waals surface area contributed by atoms with Gasteiger partial charge in [-0.25, -0.2) is 0 Å². The normalized spacial score (nSPS) is 12.5. The number of hydrogen-bond acceptors (Lipinski definition) is 2. The van der Waals surface area contributed by atoms with Crippen molar-refractivity contribution in [3.8, 4) is 5.75 Å². The summed E-state index contributed by atoms with van der Waals surface area (Å²) in [5.41, 5.74) is 2.62. The molecule has 16 heavy (non-hydrogen) atoms. The van der Waals surface area contributed by atoms with Crippen LogP contribution in [0.25, 0.3) is 0 Å². The molecule has 0 heterocycles. The highest BCUT2D eigenvalue weighted by atomic mass is 32.1. The highest BCUT2D eigenvalue weighted by Gasteiger charge is 2.11. The van der Waals surface area contributed by atoms with E-state index in [9.17, 15) is 0 Å². The molecule has 0 aromatic heterocycles. The maximum Gasteiger partial charge on any atom is 0.122 e. The summed E-state index contributed by atoms with van der Waals surface area (Å²) in [5, 5.41) is 0. The van der Waals surface area contributed by atoms with Gasteiger partial charge in [0.1, 0.15) is 5.75 Å². The van der Waals surface area contributed by atoms with Gasteiger partial charge in [0.25, 0.3) is 0 Å². The van der Waals surface area contributed by atoms with Crippen molar-refractivity contribution in [2.45, 2.75) is 39.5 Å². The van der Waals surface area contributed by atoms with Gasteiger partial charge in [-0.2, -0.15) is 12.6 Å². The second-order valence-electron chi connectivity index (χ2n) is 4.30. The van der Waals surface area contributed by atoms with Crippen LogP contribution in [-0.4, -0.2) is 12.4 Å². The van der Waals surface area contributed by atoms with Crippen molar-refractivity contribution in [2.75, 3.05) is 12.4 Å². The van der Waals surface area contributed by atoms with Crippen molar-refractivity contribution in [2.24, 2.45) is 0 Å². The van der Waals surface area contributed by atoms with Crippen LogP contribution in [0.1, 0.15) is 43.7 Å². The maximum atomic E-state index is 5.78. The van der Waals surface area contributed by atoms with Crippen molar-refractivity contribution in [3.05, 3.63) is 29.3 Å². The fourth-order valence-electron chi connectivity index (χ4n) is 1.75. The third kappa shape index (κ3) is 3.75. The third-order valence-corrected chi connectivity index (χ3v) is 2.98. The van der Waals surface area contributed by atoms with E-state index in [2.05, 4.69) is 51.6 Å². The topological polar surface area (TPSA) is 9.23 Å². The fourth-order valence-corrected chi connectivity index (χ4v) is 2.13.